The minimum Gasteiger partial charge on any atom is -0.420 e. The van der Waals surface area contributed by atoms with Gasteiger partial charge in [-0.2, -0.15) is 0 Å². The van der Waals surface area contributed by atoms with Crippen molar-refractivity contribution >= 4 is 0 Å². The van der Waals surface area contributed by atoms with Gasteiger partial charge in [0, 0.05) is 19.5 Å². The third-order valence-electron chi connectivity index (χ3n) is 0.406. The van der Waals surface area contributed by atoms with Gasteiger partial charge in [0.25, 0.3) is 0 Å². The van der Waals surface area contributed by atoms with E-state index in [0.717, 1.165) is 0 Å². The fourth-order valence-corrected chi connectivity index (χ4v) is 0.215. The van der Waals surface area contributed by atoms with Crippen LogP contribution in [0.1, 0.15) is 0 Å². The molecule has 0 saturated heterocycles. The maximum Gasteiger partial charge on any atom is 0.155 e. The molecule has 0 spiro atoms. The van der Waals surface area contributed by atoms with Crippen LogP contribution in [0.5, 0.6) is 0 Å². The number of aromatic nitrogens is 2. The van der Waals surface area contributed by atoms with Crippen LogP contribution < -0.4 is 10.2 Å². The summed E-state index contributed by atoms with van der Waals surface area (Å²) in [6.45, 7) is 0. The predicted molar refractivity (Wildman–Crippen MR) is 16.3 cm³/mol. The Labute approximate surface area is 48.7 Å². The first kappa shape index (κ1) is 5.83. The van der Waals surface area contributed by atoms with Crippen molar-refractivity contribution in [3.05, 3.63) is 18.5 Å². The zero-order chi connectivity index (χ0) is 3.54. The number of nitrogens with one attached hydrogen (secondary N) is 1. The second-order valence-corrected chi connectivity index (χ2v) is 0.766. The van der Waals surface area contributed by atoms with Gasteiger partial charge in [-0.25, -0.2) is 0 Å². The second kappa shape index (κ2) is 3.04. The molecule has 0 atom stereocenters. The molecule has 1 rings (SSSR count). The van der Waals surface area contributed by atoms with Crippen molar-refractivity contribution in [2.75, 3.05) is 0 Å². The normalized spacial score (nSPS) is 6.67. The van der Waals surface area contributed by atoms with Gasteiger partial charge in [-0.3, -0.25) is 5.10 Å². The van der Waals surface area contributed by atoms with Crippen LogP contribution in [0.3, 0.4) is 0 Å². The molecule has 0 aliphatic rings. The standard InChI is InChI=1S/C3H4N2.Rh/c1-2-4-5-3-1;/h1-4H;. The Morgan fingerprint density at radius 3 is 2.50 bits per heavy atom. The smallest absolute Gasteiger partial charge is 0.155 e. The molecule has 1 radical (unpaired) electrons. The molecule has 1 aromatic heterocycles. The van der Waals surface area contributed by atoms with Crippen LogP contribution in [-0.4, -0.2) is 0 Å². The summed E-state index contributed by atoms with van der Waals surface area (Å²) in [5.41, 5.74) is 0. The molecule has 3 heteroatoms. The van der Waals surface area contributed by atoms with Crippen LogP contribution >= 0.6 is 0 Å². The van der Waals surface area contributed by atoms with E-state index in [1.807, 2.05) is 6.07 Å². The molecule has 0 saturated carbocycles. The number of hydrogen-bond acceptors (Lipinski definition) is 0. The van der Waals surface area contributed by atoms with Gasteiger partial charge in [0.2, 0.25) is 0 Å². The summed E-state index contributed by atoms with van der Waals surface area (Å²) in [4.78, 5) is 0. The van der Waals surface area contributed by atoms with Crippen molar-refractivity contribution in [3.8, 4) is 0 Å². The minimum atomic E-state index is 0. The van der Waals surface area contributed by atoms with Crippen LogP contribution in [0.25, 0.3) is 0 Å². The SMILES string of the molecule is [Rh].c1c[n-][nH+]c1. The molecule has 0 aliphatic carbocycles. The van der Waals surface area contributed by atoms with Crippen LogP contribution in [0.15, 0.2) is 18.5 Å². The predicted octanol–water partition coefficient (Wildman–Crippen LogP) is -0.545. The Balaban J connectivity index is 0.000000250. The van der Waals surface area contributed by atoms with Crippen molar-refractivity contribution < 1.29 is 24.6 Å². The topological polar surface area (TPSA) is 28.2 Å². The summed E-state index contributed by atoms with van der Waals surface area (Å²) in [7, 11) is 0. The fraction of sp³-hybridized carbons (Fsp3) is 0. The third-order valence-corrected chi connectivity index (χ3v) is 0.406. The summed E-state index contributed by atoms with van der Waals surface area (Å²) < 4.78 is 0. The quantitative estimate of drug-likeness (QED) is 0.481. The molecule has 0 unspecified atom stereocenters. The van der Waals surface area contributed by atoms with Gasteiger partial charge in [-0.15, -0.1) is 6.20 Å². The van der Waals surface area contributed by atoms with E-state index in [4.69, 9.17) is 0 Å². The Kier molecular flexibility index (Phi) is 2.96. The maximum absolute atomic E-state index is 3.60. The second-order valence-electron chi connectivity index (χ2n) is 0.766. The van der Waals surface area contributed by atoms with Crippen LogP contribution in [0, 0.1) is 0 Å². The van der Waals surface area contributed by atoms with Gasteiger partial charge in [0.1, 0.15) is 0 Å². The van der Waals surface area contributed by atoms with E-state index in [2.05, 4.69) is 10.2 Å². The Hall–Kier alpha value is -0.167. The number of hydrogen-bond donors (Lipinski definition) is 0. The molecule has 1 N–H and O–H groups in total. The van der Waals surface area contributed by atoms with E-state index >= 15 is 0 Å². The zero-order valence-electron chi connectivity index (χ0n) is 3.01. The first-order valence-corrected chi connectivity index (χ1v) is 1.44. The van der Waals surface area contributed by atoms with E-state index in [0.29, 0.717) is 0 Å². The zero-order valence-corrected chi connectivity index (χ0v) is 4.65. The van der Waals surface area contributed by atoms with E-state index in [9.17, 15) is 0 Å². The molecule has 0 aliphatic heterocycles. The van der Waals surface area contributed by atoms with Gasteiger partial charge in [0.15, 0.2) is 6.20 Å². The minimum absolute atomic E-state index is 0. The molecule has 2 nitrogen and oxygen atoms in total. The maximum atomic E-state index is 3.60. The molecular formula is C3H4N2Rh. The van der Waals surface area contributed by atoms with Crippen molar-refractivity contribution in [2.24, 2.45) is 0 Å². The number of rotatable bonds is 0. The average molecular weight is 171 g/mol. The molecule has 1 aromatic rings. The largest absolute Gasteiger partial charge is 0.420 e. The molecule has 35 valence electrons. The van der Waals surface area contributed by atoms with Crippen molar-refractivity contribution in [1.29, 1.82) is 0 Å². The molecular weight excluding hydrogens is 167 g/mol. The summed E-state index contributed by atoms with van der Waals surface area (Å²) in [6.07, 6.45) is 3.46. The van der Waals surface area contributed by atoms with E-state index < -0.39 is 0 Å². The van der Waals surface area contributed by atoms with Crippen molar-refractivity contribution in [3.63, 3.8) is 0 Å². The van der Waals surface area contributed by atoms with Gasteiger partial charge in [-0.05, 0) is 6.07 Å². The Bertz CT molecular complexity index is 65.3. The molecule has 0 amide bonds. The van der Waals surface area contributed by atoms with Gasteiger partial charge < -0.3 is 5.10 Å². The molecule has 0 bridgehead atoms. The molecule has 6 heavy (non-hydrogen) atoms. The molecule has 0 fully saturated rings. The van der Waals surface area contributed by atoms with Crippen LogP contribution in [0.4, 0.5) is 0 Å². The van der Waals surface area contributed by atoms with E-state index in [1.54, 1.807) is 12.4 Å². The van der Waals surface area contributed by atoms with Crippen LogP contribution in [-0.2, 0) is 19.5 Å². The summed E-state index contributed by atoms with van der Waals surface area (Å²) in [6, 6.07) is 1.83. The number of aromatic amines is 1. The molecule has 0 aromatic carbocycles. The average Bonchev–Trinajstić information content (AvgIpc) is 1.76. The summed E-state index contributed by atoms with van der Waals surface area (Å²) in [5, 5.41) is 6.21. The Morgan fingerprint density at radius 2 is 2.33 bits per heavy atom. The van der Waals surface area contributed by atoms with Crippen molar-refractivity contribution in [2.45, 2.75) is 0 Å². The van der Waals surface area contributed by atoms with E-state index in [-0.39, 0.29) is 19.5 Å². The third kappa shape index (κ3) is 1.32. The van der Waals surface area contributed by atoms with Gasteiger partial charge in [-0.1, -0.05) is 0 Å². The van der Waals surface area contributed by atoms with Gasteiger partial charge in [0.05, 0.1) is 0 Å². The number of nitrogens with zero attached hydrogens (tertiary/aromatic N) is 1. The Morgan fingerprint density at radius 1 is 1.50 bits per heavy atom. The van der Waals surface area contributed by atoms with E-state index in [1.165, 1.54) is 0 Å². The van der Waals surface area contributed by atoms with Crippen LogP contribution in [0.2, 0.25) is 0 Å². The molecule has 1 heterocycles. The first-order chi connectivity index (χ1) is 2.50. The fourth-order valence-electron chi connectivity index (χ4n) is 0.215. The number of H-pyrrole nitrogens is 1. The van der Waals surface area contributed by atoms with Crippen molar-refractivity contribution in [1.82, 2.24) is 5.10 Å². The first-order valence-electron chi connectivity index (χ1n) is 1.44. The monoisotopic (exact) mass is 171 g/mol. The van der Waals surface area contributed by atoms with Gasteiger partial charge >= 0.3 is 0 Å². The summed E-state index contributed by atoms with van der Waals surface area (Å²) in [5.74, 6) is 0. The summed E-state index contributed by atoms with van der Waals surface area (Å²) >= 11 is 0.